The summed E-state index contributed by atoms with van der Waals surface area (Å²) in [6.07, 6.45) is 1.26. The molecule has 0 unspecified atom stereocenters. The van der Waals surface area contributed by atoms with E-state index in [2.05, 4.69) is 25.4 Å². The van der Waals surface area contributed by atoms with Gasteiger partial charge < -0.3 is 9.47 Å². The summed E-state index contributed by atoms with van der Waals surface area (Å²) in [5.74, 6) is 0.271. The third-order valence-corrected chi connectivity index (χ3v) is 6.88. The number of carbonyl (C=O) groups excluding carboxylic acids is 1. The van der Waals surface area contributed by atoms with Gasteiger partial charge in [0.25, 0.3) is 0 Å². The van der Waals surface area contributed by atoms with Crippen molar-refractivity contribution in [1.29, 1.82) is 0 Å². The Morgan fingerprint density at radius 1 is 1.15 bits per heavy atom. The van der Waals surface area contributed by atoms with Crippen LogP contribution in [-0.2, 0) is 21.2 Å². The van der Waals surface area contributed by atoms with Crippen LogP contribution in [0.3, 0.4) is 0 Å². The molecule has 142 valence electrons. The van der Waals surface area contributed by atoms with E-state index in [0.717, 1.165) is 34.2 Å². The fourth-order valence-corrected chi connectivity index (χ4v) is 4.48. The second-order valence-corrected chi connectivity index (χ2v) is 9.91. The highest BCUT2D eigenvalue weighted by Gasteiger charge is 2.23. The Labute approximate surface area is 162 Å². The molecule has 26 heavy (non-hydrogen) atoms. The van der Waals surface area contributed by atoms with Crippen molar-refractivity contribution in [2.24, 2.45) is 0 Å². The van der Waals surface area contributed by atoms with Gasteiger partial charge >= 0.3 is 0 Å². The number of amides is 1. The summed E-state index contributed by atoms with van der Waals surface area (Å²) in [4.78, 5) is 16.8. The fraction of sp³-hybridized carbons (Fsp3) is 0.500. The van der Waals surface area contributed by atoms with Gasteiger partial charge in [-0.3, -0.25) is 9.69 Å². The van der Waals surface area contributed by atoms with Crippen molar-refractivity contribution < 1.29 is 13.2 Å². The van der Waals surface area contributed by atoms with E-state index in [1.165, 1.54) is 6.26 Å². The van der Waals surface area contributed by atoms with Gasteiger partial charge in [0.05, 0.1) is 5.75 Å². The van der Waals surface area contributed by atoms with Gasteiger partial charge in [-0.1, -0.05) is 18.2 Å². The van der Waals surface area contributed by atoms with Crippen molar-refractivity contribution in [3.63, 3.8) is 0 Å². The van der Waals surface area contributed by atoms with Crippen molar-refractivity contribution in [1.82, 2.24) is 14.4 Å². The molecule has 0 radical (unpaired) electrons. The van der Waals surface area contributed by atoms with Crippen molar-refractivity contribution in [3.05, 3.63) is 34.4 Å². The van der Waals surface area contributed by atoms with Crippen LogP contribution in [0.4, 0.5) is 0 Å². The van der Waals surface area contributed by atoms with E-state index in [-0.39, 0.29) is 11.7 Å². The molecule has 3 rings (SSSR count). The molecule has 1 amide bonds. The molecular formula is C18H24BrN3O3S. The molecule has 8 heteroatoms. The lowest BCUT2D eigenvalue weighted by molar-refractivity contribution is -0.133. The molecule has 0 spiro atoms. The second-order valence-electron chi connectivity index (χ2n) is 6.85. The number of hydrogen-bond donors (Lipinski definition) is 0. The van der Waals surface area contributed by atoms with Crippen molar-refractivity contribution in [2.75, 3.05) is 44.7 Å². The van der Waals surface area contributed by atoms with Gasteiger partial charge in [0.2, 0.25) is 5.91 Å². The van der Waals surface area contributed by atoms with Gasteiger partial charge in [-0.15, -0.1) is 0 Å². The number of carbonyl (C=O) groups is 1. The minimum Gasteiger partial charge on any atom is -0.339 e. The molecule has 0 bridgehead atoms. The Bertz CT molecular complexity index is 915. The van der Waals surface area contributed by atoms with E-state index in [4.69, 9.17) is 0 Å². The van der Waals surface area contributed by atoms with Crippen molar-refractivity contribution in [3.8, 4) is 0 Å². The molecule has 2 aromatic rings. The highest BCUT2D eigenvalue weighted by molar-refractivity contribution is 9.10. The number of hydrogen-bond acceptors (Lipinski definition) is 4. The zero-order valence-electron chi connectivity index (χ0n) is 15.1. The molecule has 0 N–H and O–H groups in total. The third kappa shape index (κ3) is 4.29. The van der Waals surface area contributed by atoms with Gasteiger partial charge in [0, 0.05) is 60.0 Å². The van der Waals surface area contributed by atoms with Crippen LogP contribution >= 0.6 is 15.9 Å². The van der Waals surface area contributed by atoms with Gasteiger partial charge in [-0.05, 0) is 28.9 Å². The number of nitrogens with zero attached hydrogens (tertiary/aromatic N) is 3. The Hall–Kier alpha value is -1.38. The minimum atomic E-state index is -2.95. The first-order chi connectivity index (χ1) is 12.3. The smallest absolute Gasteiger partial charge is 0.242 e. The first-order valence-corrected chi connectivity index (χ1v) is 11.5. The van der Waals surface area contributed by atoms with Gasteiger partial charge in [0.15, 0.2) is 0 Å². The lowest BCUT2D eigenvalue weighted by atomic mass is 10.2. The van der Waals surface area contributed by atoms with E-state index in [1.54, 1.807) is 0 Å². The Balaban J connectivity index is 1.63. The molecule has 0 aliphatic carbocycles. The zero-order chi connectivity index (χ0) is 18.9. The third-order valence-electron chi connectivity index (χ3n) is 4.95. The van der Waals surface area contributed by atoms with Crippen molar-refractivity contribution in [2.45, 2.75) is 13.5 Å². The molecule has 6 nitrogen and oxygen atoms in total. The largest absolute Gasteiger partial charge is 0.339 e. The summed E-state index contributed by atoms with van der Waals surface area (Å²) in [5.41, 5.74) is 2.10. The van der Waals surface area contributed by atoms with E-state index in [0.29, 0.717) is 26.2 Å². The number of rotatable bonds is 5. The number of piperazine rings is 1. The Morgan fingerprint density at radius 3 is 2.46 bits per heavy atom. The number of benzene rings is 1. The van der Waals surface area contributed by atoms with Crippen LogP contribution in [0.5, 0.6) is 0 Å². The van der Waals surface area contributed by atoms with Crippen molar-refractivity contribution >= 4 is 42.6 Å². The summed E-state index contributed by atoms with van der Waals surface area (Å²) < 4.78 is 25.7. The van der Waals surface area contributed by atoms with Gasteiger partial charge in [0.1, 0.15) is 16.4 Å². The molecule has 1 aliphatic rings. The Kier molecular flexibility index (Phi) is 5.74. The maximum Gasteiger partial charge on any atom is 0.242 e. The highest BCUT2D eigenvalue weighted by Crippen LogP contribution is 2.30. The molecule has 1 aromatic carbocycles. The standard InChI is InChI=1S/C18H24BrN3O3S/c1-14-18(19)15-5-3-4-6-16(15)22(14)13-17(23)21-9-7-20(8-10-21)11-12-26(2,24)25/h3-6H,7-13H2,1-2H3. The topological polar surface area (TPSA) is 62.6 Å². The quantitative estimate of drug-likeness (QED) is 0.710. The van der Waals surface area contributed by atoms with Crippen LogP contribution < -0.4 is 0 Å². The molecule has 1 saturated heterocycles. The van der Waals surface area contributed by atoms with E-state index >= 15 is 0 Å². The first-order valence-electron chi connectivity index (χ1n) is 8.67. The molecular weight excluding hydrogens is 418 g/mol. The van der Waals surface area contributed by atoms with Gasteiger partial charge in [-0.2, -0.15) is 0 Å². The van der Waals surface area contributed by atoms with Crippen LogP contribution in [0, 0.1) is 6.92 Å². The number of halogens is 1. The van der Waals surface area contributed by atoms with Crippen LogP contribution in [0.2, 0.25) is 0 Å². The summed E-state index contributed by atoms with van der Waals surface area (Å²) in [6, 6.07) is 8.06. The first kappa shape index (κ1) is 19.4. The second kappa shape index (κ2) is 7.70. The lowest BCUT2D eigenvalue weighted by Crippen LogP contribution is -2.50. The summed E-state index contributed by atoms with van der Waals surface area (Å²) >= 11 is 3.63. The van der Waals surface area contributed by atoms with E-state index < -0.39 is 9.84 Å². The van der Waals surface area contributed by atoms with Crippen LogP contribution in [0.25, 0.3) is 10.9 Å². The summed E-state index contributed by atoms with van der Waals surface area (Å²) in [5, 5.41) is 1.11. The molecule has 1 aliphatic heterocycles. The van der Waals surface area contributed by atoms with Gasteiger partial charge in [-0.25, -0.2) is 8.42 Å². The number of aromatic nitrogens is 1. The fourth-order valence-electron chi connectivity index (χ4n) is 3.34. The monoisotopic (exact) mass is 441 g/mol. The number of fused-ring (bicyclic) bond motifs is 1. The maximum atomic E-state index is 12.8. The zero-order valence-corrected chi connectivity index (χ0v) is 17.5. The van der Waals surface area contributed by atoms with E-state index in [9.17, 15) is 13.2 Å². The highest BCUT2D eigenvalue weighted by atomic mass is 79.9. The van der Waals surface area contributed by atoms with E-state index in [1.807, 2.05) is 36.1 Å². The maximum absolute atomic E-state index is 12.8. The lowest BCUT2D eigenvalue weighted by Gasteiger charge is -2.34. The normalized spacial score (nSPS) is 16.3. The minimum absolute atomic E-state index is 0.101. The molecule has 1 aromatic heterocycles. The Morgan fingerprint density at radius 2 is 1.81 bits per heavy atom. The van der Waals surface area contributed by atoms with Crippen LogP contribution in [-0.4, -0.2) is 73.4 Å². The predicted molar refractivity (Wildman–Crippen MR) is 107 cm³/mol. The SMILES string of the molecule is Cc1c(Br)c2ccccc2n1CC(=O)N1CCN(CCS(C)(=O)=O)CC1. The molecule has 0 saturated carbocycles. The predicted octanol–water partition coefficient (Wildman–Crippen LogP) is 1.90. The molecule has 1 fully saturated rings. The molecule has 0 atom stereocenters. The van der Waals surface area contributed by atoms with Crippen LogP contribution in [0.1, 0.15) is 5.69 Å². The van der Waals surface area contributed by atoms with Crippen LogP contribution in [0.15, 0.2) is 28.7 Å². The summed E-state index contributed by atoms with van der Waals surface area (Å²) in [6.45, 7) is 5.59. The molecule has 2 heterocycles. The number of sulfone groups is 1. The average Bonchev–Trinajstić information content (AvgIpc) is 2.85. The number of para-hydroxylation sites is 1. The average molecular weight is 442 g/mol. The summed E-state index contributed by atoms with van der Waals surface area (Å²) in [7, 11) is -2.95.